The summed E-state index contributed by atoms with van der Waals surface area (Å²) in [6.07, 6.45) is 2.65. The van der Waals surface area contributed by atoms with E-state index in [4.69, 9.17) is 13.9 Å². The minimum absolute atomic E-state index is 0.0711. The number of allylic oxidation sites excluding steroid dienone is 1. The zero-order valence-corrected chi connectivity index (χ0v) is 10.7. The normalized spacial score (nSPS) is 13.6. The molecule has 0 fully saturated rings. The molecule has 0 aliphatic carbocycles. The van der Waals surface area contributed by atoms with Crippen LogP contribution < -0.4 is 0 Å². The van der Waals surface area contributed by atoms with Gasteiger partial charge in [-0.1, -0.05) is 6.08 Å². The molecular formula is C10H22O3Si. The summed E-state index contributed by atoms with van der Waals surface area (Å²) in [4.78, 5) is 0. The SMILES string of the molecule is C=CC[SiH2]OC(CCOCC)OCC. The summed E-state index contributed by atoms with van der Waals surface area (Å²) in [6, 6.07) is 0.998. The van der Waals surface area contributed by atoms with Crippen LogP contribution in [-0.2, 0) is 13.9 Å². The average molecular weight is 218 g/mol. The number of hydrogen-bond acceptors (Lipinski definition) is 3. The molecular weight excluding hydrogens is 196 g/mol. The van der Waals surface area contributed by atoms with Crippen molar-refractivity contribution in [3.8, 4) is 0 Å². The summed E-state index contributed by atoms with van der Waals surface area (Å²) in [5.74, 6) is 0. The lowest BCUT2D eigenvalue weighted by Gasteiger charge is -2.17. The molecule has 0 aromatic carbocycles. The Kier molecular flexibility index (Phi) is 10.8. The molecule has 0 amide bonds. The van der Waals surface area contributed by atoms with Gasteiger partial charge < -0.3 is 13.9 Å². The van der Waals surface area contributed by atoms with E-state index in [9.17, 15) is 0 Å². The van der Waals surface area contributed by atoms with Crippen molar-refractivity contribution in [2.45, 2.75) is 32.6 Å². The summed E-state index contributed by atoms with van der Waals surface area (Å²) in [5, 5.41) is 0. The summed E-state index contributed by atoms with van der Waals surface area (Å²) < 4.78 is 16.3. The topological polar surface area (TPSA) is 27.7 Å². The Morgan fingerprint density at radius 1 is 1.36 bits per heavy atom. The van der Waals surface area contributed by atoms with Crippen LogP contribution in [0.15, 0.2) is 12.7 Å². The van der Waals surface area contributed by atoms with E-state index < -0.39 is 9.76 Å². The van der Waals surface area contributed by atoms with Gasteiger partial charge in [-0.3, -0.25) is 0 Å². The molecule has 0 radical (unpaired) electrons. The Labute approximate surface area is 89.4 Å². The van der Waals surface area contributed by atoms with Crippen molar-refractivity contribution >= 4 is 9.76 Å². The van der Waals surface area contributed by atoms with E-state index in [-0.39, 0.29) is 6.29 Å². The maximum Gasteiger partial charge on any atom is 0.168 e. The molecule has 84 valence electrons. The second-order valence-corrected chi connectivity index (χ2v) is 4.14. The van der Waals surface area contributed by atoms with E-state index in [1.54, 1.807) is 0 Å². The molecule has 0 aliphatic rings. The molecule has 0 rings (SSSR count). The number of ether oxygens (including phenoxy) is 2. The lowest BCUT2D eigenvalue weighted by Crippen LogP contribution is -2.21. The molecule has 14 heavy (non-hydrogen) atoms. The number of hydrogen-bond donors (Lipinski definition) is 0. The van der Waals surface area contributed by atoms with Crippen LogP contribution in [0.3, 0.4) is 0 Å². The zero-order valence-electron chi connectivity index (χ0n) is 9.33. The van der Waals surface area contributed by atoms with Crippen molar-refractivity contribution < 1.29 is 13.9 Å². The molecule has 4 heteroatoms. The van der Waals surface area contributed by atoms with Gasteiger partial charge in [0.15, 0.2) is 9.76 Å². The van der Waals surface area contributed by atoms with E-state index in [1.807, 2.05) is 19.9 Å². The molecule has 1 atom stereocenters. The van der Waals surface area contributed by atoms with Gasteiger partial charge in [-0.2, -0.15) is 0 Å². The van der Waals surface area contributed by atoms with Crippen molar-refractivity contribution in [1.82, 2.24) is 0 Å². The van der Waals surface area contributed by atoms with Crippen molar-refractivity contribution in [3.05, 3.63) is 12.7 Å². The lowest BCUT2D eigenvalue weighted by atomic mass is 10.4. The Hall–Kier alpha value is -0.163. The third-order valence-corrected chi connectivity index (χ3v) is 2.93. The standard InChI is InChI=1S/C10H22O3Si/c1-4-9-14-13-10(12-6-3)7-8-11-5-2/h4,10H,1,5-9,14H2,2-3H3. The fourth-order valence-corrected chi connectivity index (χ4v) is 1.84. The minimum atomic E-state index is -0.489. The van der Waals surface area contributed by atoms with Gasteiger partial charge in [-0.25, -0.2) is 0 Å². The van der Waals surface area contributed by atoms with Crippen molar-refractivity contribution in [2.24, 2.45) is 0 Å². The average Bonchev–Trinajstić information content (AvgIpc) is 2.18. The summed E-state index contributed by atoms with van der Waals surface area (Å²) in [6.45, 7) is 9.79. The van der Waals surface area contributed by atoms with Gasteiger partial charge in [-0.15, -0.1) is 6.58 Å². The van der Waals surface area contributed by atoms with Crippen LogP contribution in [0.25, 0.3) is 0 Å². The largest absolute Gasteiger partial charge is 0.399 e. The van der Waals surface area contributed by atoms with Gasteiger partial charge in [0.2, 0.25) is 0 Å². The van der Waals surface area contributed by atoms with E-state index in [0.717, 1.165) is 19.1 Å². The molecule has 0 saturated heterocycles. The predicted molar refractivity (Wildman–Crippen MR) is 61.2 cm³/mol. The van der Waals surface area contributed by atoms with Gasteiger partial charge >= 0.3 is 0 Å². The molecule has 0 aromatic heterocycles. The monoisotopic (exact) mass is 218 g/mol. The van der Waals surface area contributed by atoms with Crippen LogP contribution in [0, 0.1) is 0 Å². The fourth-order valence-electron chi connectivity index (χ4n) is 1.01. The van der Waals surface area contributed by atoms with Crippen LogP contribution >= 0.6 is 0 Å². The van der Waals surface area contributed by atoms with Gasteiger partial charge in [0, 0.05) is 19.6 Å². The molecule has 0 aromatic rings. The quantitative estimate of drug-likeness (QED) is 0.241. The first-order chi connectivity index (χ1) is 6.85. The molecule has 0 saturated carbocycles. The third kappa shape index (κ3) is 8.44. The molecule has 0 bridgehead atoms. The van der Waals surface area contributed by atoms with Crippen LogP contribution in [0.1, 0.15) is 20.3 Å². The summed E-state index contributed by atoms with van der Waals surface area (Å²) >= 11 is 0. The van der Waals surface area contributed by atoms with Crippen molar-refractivity contribution in [2.75, 3.05) is 19.8 Å². The fraction of sp³-hybridized carbons (Fsp3) is 0.800. The Morgan fingerprint density at radius 2 is 2.14 bits per heavy atom. The molecule has 0 aliphatic heterocycles. The van der Waals surface area contributed by atoms with E-state index in [1.165, 1.54) is 0 Å². The highest BCUT2D eigenvalue weighted by Crippen LogP contribution is 2.01. The first kappa shape index (κ1) is 13.8. The highest BCUT2D eigenvalue weighted by molar-refractivity contribution is 6.27. The first-order valence-electron chi connectivity index (χ1n) is 5.27. The maximum atomic E-state index is 5.63. The summed E-state index contributed by atoms with van der Waals surface area (Å²) in [7, 11) is -0.489. The predicted octanol–water partition coefficient (Wildman–Crippen LogP) is 1.48. The first-order valence-corrected chi connectivity index (χ1v) is 6.84. The van der Waals surface area contributed by atoms with Gasteiger partial charge in [0.1, 0.15) is 6.29 Å². The van der Waals surface area contributed by atoms with Crippen LogP contribution in [-0.4, -0.2) is 35.9 Å². The van der Waals surface area contributed by atoms with Crippen molar-refractivity contribution in [3.63, 3.8) is 0 Å². The highest BCUT2D eigenvalue weighted by Gasteiger charge is 2.07. The highest BCUT2D eigenvalue weighted by atomic mass is 28.2. The van der Waals surface area contributed by atoms with Crippen LogP contribution in [0.4, 0.5) is 0 Å². The maximum absolute atomic E-state index is 5.63. The minimum Gasteiger partial charge on any atom is -0.399 e. The lowest BCUT2D eigenvalue weighted by molar-refractivity contribution is -0.0897. The van der Waals surface area contributed by atoms with E-state index in [2.05, 4.69) is 6.58 Å². The van der Waals surface area contributed by atoms with Crippen LogP contribution in [0.2, 0.25) is 6.04 Å². The Balaban J connectivity index is 3.48. The van der Waals surface area contributed by atoms with Gasteiger partial charge in [0.05, 0.1) is 6.61 Å². The van der Waals surface area contributed by atoms with Crippen LogP contribution in [0.5, 0.6) is 0 Å². The molecule has 0 spiro atoms. The molecule has 3 nitrogen and oxygen atoms in total. The molecule has 1 unspecified atom stereocenters. The van der Waals surface area contributed by atoms with Gasteiger partial charge in [-0.05, 0) is 19.9 Å². The smallest absolute Gasteiger partial charge is 0.168 e. The molecule has 0 heterocycles. The van der Waals surface area contributed by atoms with E-state index in [0.29, 0.717) is 13.2 Å². The Morgan fingerprint density at radius 3 is 2.71 bits per heavy atom. The second-order valence-electron chi connectivity index (χ2n) is 2.82. The number of rotatable bonds is 10. The Bertz CT molecular complexity index is 131. The second kappa shape index (κ2) is 10.9. The summed E-state index contributed by atoms with van der Waals surface area (Å²) in [5.41, 5.74) is 0. The van der Waals surface area contributed by atoms with Gasteiger partial charge in [0.25, 0.3) is 0 Å². The van der Waals surface area contributed by atoms with Crippen molar-refractivity contribution in [1.29, 1.82) is 0 Å². The van der Waals surface area contributed by atoms with E-state index >= 15 is 0 Å². The third-order valence-electron chi connectivity index (χ3n) is 1.68. The zero-order chi connectivity index (χ0) is 10.6. The molecule has 0 N–H and O–H groups in total.